The second-order valence-electron chi connectivity index (χ2n) is 6.12. The minimum atomic E-state index is 0.0163. The first kappa shape index (κ1) is 14.8. The van der Waals surface area contributed by atoms with Crippen molar-refractivity contribution in [3.8, 4) is 0 Å². The third-order valence-electron chi connectivity index (χ3n) is 4.24. The van der Waals surface area contributed by atoms with Crippen LogP contribution in [0.2, 0.25) is 0 Å². The molecule has 2 aromatic heterocycles. The van der Waals surface area contributed by atoms with Crippen LogP contribution in [0.4, 0.5) is 0 Å². The summed E-state index contributed by atoms with van der Waals surface area (Å²) in [5, 5.41) is 0. The minimum Gasteiger partial charge on any atom is -0.353 e. The molecule has 1 amide bonds. The van der Waals surface area contributed by atoms with Gasteiger partial charge in [0.25, 0.3) is 5.91 Å². The van der Waals surface area contributed by atoms with Crippen LogP contribution in [0.3, 0.4) is 0 Å². The topological polar surface area (TPSA) is 57.2 Å². The molecule has 2 aromatic rings. The van der Waals surface area contributed by atoms with Crippen molar-refractivity contribution in [1.82, 2.24) is 24.3 Å². The second-order valence-corrected chi connectivity index (χ2v) is 6.12. The van der Waals surface area contributed by atoms with E-state index in [1.165, 1.54) is 12.8 Å². The van der Waals surface area contributed by atoms with Crippen molar-refractivity contribution >= 4 is 5.91 Å². The molecular formula is C16H23N5O. The van der Waals surface area contributed by atoms with Crippen LogP contribution < -0.4 is 0 Å². The molecule has 1 atom stereocenters. The summed E-state index contributed by atoms with van der Waals surface area (Å²) in [5.74, 6) is 0.0163. The van der Waals surface area contributed by atoms with Gasteiger partial charge in [0.05, 0.1) is 6.33 Å². The van der Waals surface area contributed by atoms with E-state index in [9.17, 15) is 4.79 Å². The molecule has 6 nitrogen and oxygen atoms in total. The third-order valence-corrected chi connectivity index (χ3v) is 4.24. The van der Waals surface area contributed by atoms with Crippen LogP contribution in [0.1, 0.15) is 29.0 Å². The summed E-state index contributed by atoms with van der Waals surface area (Å²) in [6.07, 6.45) is 8.15. The van der Waals surface area contributed by atoms with Crippen molar-refractivity contribution in [1.29, 1.82) is 0 Å². The van der Waals surface area contributed by atoms with Crippen LogP contribution >= 0.6 is 0 Å². The average Bonchev–Trinajstić information content (AvgIpc) is 3.22. The van der Waals surface area contributed by atoms with E-state index in [4.69, 9.17) is 0 Å². The smallest absolute Gasteiger partial charge is 0.269 e. The first-order valence-corrected chi connectivity index (χ1v) is 7.73. The van der Waals surface area contributed by atoms with Gasteiger partial charge >= 0.3 is 0 Å². The number of aromatic nitrogens is 3. The molecule has 1 saturated heterocycles. The van der Waals surface area contributed by atoms with Gasteiger partial charge in [0.15, 0.2) is 0 Å². The molecule has 118 valence electrons. The molecule has 1 fully saturated rings. The number of H-pyrrole nitrogens is 1. The maximum atomic E-state index is 11.9. The molecule has 0 aliphatic carbocycles. The van der Waals surface area contributed by atoms with E-state index in [0.29, 0.717) is 11.7 Å². The Morgan fingerprint density at radius 2 is 2.32 bits per heavy atom. The molecule has 6 heteroatoms. The highest BCUT2D eigenvalue weighted by Crippen LogP contribution is 2.21. The Morgan fingerprint density at radius 3 is 3.05 bits per heavy atom. The normalized spacial score (nSPS) is 18.7. The Morgan fingerprint density at radius 1 is 1.45 bits per heavy atom. The molecule has 3 heterocycles. The summed E-state index contributed by atoms with van der Waals surface area (Å²) in [6, 6.07) is 4.42. The van der Waals surface area contributed by atoms with Gasteiger partial charge in [-0.05, 0) is 31.5 Å². The number of hydrogen-bond acceptors (Lipinski definition) is 3. The molecule has 0 aromatic carbocycles. The molecule has 1 N–H and O–H groups in total. The van der Waals surface area contributed by atoms with Crippen molar-refractivity contribution < 1.29 is 4.79 Å². The summed E-state index contributed by atoms with van der Waals surface area (Å²) in [5.41, 5.74) is 1.76. The zero-order valence-electron chi connectivity index (χ0n) is 13.2. The highest BCUT2D eigenvalue weighted by atomic mass is 16.2. The molecule has 1 aliphatic rings. The maximum absolute atomic E-state index is 11.9. The molecule has 0 radical (unpaired) electrons. The summed E-state index contributed by atoms with van der Waals surface area (Å²) in [4.78, 5) is 23.4. The van der Waals surface area contributed by atoms with Crippen molar-refractivity contribution in [2.75, 3.05) is 20.6 Å². The fraction of sp³-hybridized carbons (Fsp3) is 0.500. The Labute approximate surface area is 130 Å². The van der Waals surface area contributed by atoms with Gasteiger partial charge in [-0.3, -0.25) is 9.69 Å². The Bertz CT molecular complexity index is 616. The zero-order valence-corrected chi connectivity index (χ0v) is 13.2. The highest BCUT2D eigenvalue weighted by molar-refractivity contribution is 5.92. The lowest BCUT2D eigenvalue weighted by Crippen LogP contribution is -2.32. The summed E-state index contributed by atoms with van der Waals surface area (Å²) < 4.78 is 2.14. The van der Waals surface area contributed by atoms with Crippen molar-refractivity contribution in [2.45, 2.75) is 32.0 Å². The van der Waals surface area contributed by atoms with Gasteiger partial charge in [-0.2, -0.15) is 0 Å². The molecule has 1 aliphatic heterocycles. The predicted molar refractivity (Wildman–Crippen MR) is 84.5 cm³/mol. The Balaban J connectivity index is 1.63. The molecule has 22 heavy (non-hydrogen) atoms. The number of imidazole rings is 1. The van der Waals surface area contributed by atoms with Crippen LogP contribution in [0.15, 0.2) is 30.9 Å². The quantitative estimate of drug-likeness (QED) is 0.912. The van der Waals surface area contributed by atoms with Crippen LogP contribution in [0.5, 0.6) is 0 Å². The molecule has 0 saturated carbocycles. The van der Waals surface area contributed by atoms with Gasteiger partial charge in [0.2, 0.25) is 0 Å². The first-order valence-electron chi connectivity index (χ1n) is 7.73. The van der Waals surface area contributed by atoms with E-state index >= 15 is 0 Å². The summed E-state index contributed by atoms with van der Waals surface area (Å²) in [6.45, 7) is 2.94. The monoisotopic (exact) mass is 301 g/mol. The van der Waals surface area contributed by atoms with E-state index in [1.807, 2.05) is 30.9 Å². The summed E-state index contributed by atoms with van der Waals surface area (Å²) >= 11 is 0. The van der Waals surface area contributed by atoms with Gasteiger partial charge in [0, 0.05) is 51.3 Å². The van der Waals surface area contributed by atoms with E-state index in [2.05, 4.69) is 19.4 Å². The van der Waals surface area contributed by atoms with E-state index in [0.717, 1.165) is 25.3 Å². The second kappa shape index (κ2) is 6.36. The van der Waals surface area contributed by atoms with Gasteiger partial charge in [0.1, 0.15) is 5.69 Å². The summed E-state index contributed by atoms with van der Waals surface area (Å²) in [7, 11) is 3.54. The first-order chi connectivity index (χ1) is 10.6. The fourth-order valence-corrected chi connectivity index (χ4v) is 3.07. The third kappa shape index (κ3) is 3.22. The Hall–Kier alpha value is -2.08. The number of aromatic amines is 1. The van der Waals surface area contributed by atoms with Crippen molar-refractivity contribution in [2.24, 2.45) is 0 Å². The average molecular weight is 301 g/mol. The van der Waals surface area contributed by atoms with Gasteiger partial charge in [-0.15, -0.1) is 0 Å². The number of rotatable bonds is 5. The number of amides is 1. The largest absolute Gasteiger partial charge is 0.353 e. The van der Waals surface area contributed by atoms with Crippen LogP contribution in [-0.2, 0) is 13.1 Å². The van der Waals surface area contributed by atoms with Crippen LogP contribution in [0.25, 0.3) is 0 Å². The Kier molecular flexibility index (Phi) is 4.29. The number of carbonyl (C=O) groups excluding carboxylic acids is 1. The standard InChI is InChI=1S/C16H23N5O/c1-19(2)16(22)15-6-5-13(18-15)10-21-8-3-4-14(21)11-20-9-7-17-12-20/h5-7,9,12,14,18H,3-4,8,10-11H2,1-2H3. The molecule has 0 spiro atoms. The maximum Gasteiger partial charge on any atom is 0.269 e. The minimum absolute atomic E-state index is 0.0163. The fourth-order valence-electron chi connectivity index (χ4n) is 3.07. The van der Waals surface area contributed by atoms with Crippen LogP contribution in [-0.4, -0.2) is 56.9 Å². The highest BCUT2D eigenvalue weighted by Gasteiger charge is 2.25. The molecule has 3 rings (SSSR count). The number of likely N-dealkylation sites (tertiary alicyclic amines) is 1. The van der Waals surface area contributed by atoms with Crippen LogP contribution in [0, 0.1) is 0 Å². The predicted octanol–water partition coefficient (Wildman–Crippen LogP) is 1.58. The van der Waals surface area contributed by atoms with Gasteiger partial charge in [-0.25, -0.2) is 4.98 Å². The zero-order chi connectivity index (χ0) is 15.5. The van der Waals surface area contributed by atoms with Crippen molar-refractivity contribution in [3.63, 3.8) is 0 Å². The van der Waals surface area contributed by atoms with Gasteiger partial charge < -0.3 is 14.5 Å². The van der Waals surface area contributed by atoms with E-state index < -0.39 is 0 Å². The van der Waals surface area contributed by atoms with Crippen molar-refractivity contribution in [3.05, 3.63) is 42.2 Å². The molecule has 0 bridgehead atoms. The van der Waals surface area contributed by atoms with E-state index in [-0.39, 0.29) is 5.91 Å². The molecular weight excluding hydrogens is 278 g/mol. The lowest BCUT2D eigenvalue weighted by molar-refractivity contribution is 0.0822. The van der Waals surface area contributed by atoms with E-state index in [1.54, 1.807) is 19.0 Å². The number of nitrogens with zero attached hydrogens (tertiary/aromatic N) is 4. The lowest BCUT2D eigenvalue weighted by atomic mass is 10.2. The number of carbonyl (C=O) groups is 1. The molecule has 1 unspecified atom stereocenters. The lowest BCUT2D eigenvalue weighted by Gasteiger charge is -2.24. The SMILES string of the molecule is CN(C)C(=O)c1ccc(CN2CCCC2Cn2ccnc2)[nH]1. The number of nitrogens with one attached hydrogen (secondary N) is 1. The van der Waals surface area contributed by atoms with Gasteiger partial charge in [-0.1, -0.05) is 0 Å². The number of hydrogen-bond donors (Lipinski definition) is 1.